The molecule has 0 aliphatic rings. The molecule has 0 amide bonds. The van der Waals surface area contributed by atoms with E-state index in [9.17, 15) is 5.11 Å². The van der Waals surface area contributed by atoms with Crippen LogP contribution in [0.1, 0.15) is 38.6 Å². The van der Waals surface area contributed by atoms with Crippen LogP contribution in [0.2, 0.25) is 0 Å². The largest absolute Gasteiger partial charge is 0.466 e. The van der Waals surface area contributed by atoms with Crippen molar-refractivity contribution in [1.82, 2.24) is 0 Å². The first-order valence-corrected chi connectivity index (χ1v) is 4.70. The van der Waals surface area contributed by atoms with Gasteiger partial charge in [0.15, 0.2) is 0 Å². The molecular weight excluding hydrogens is 164 g/mol. The Bertz CT molecular complexity index is 260. The van der Waals surface area contributed by atoms with Gasteiger partial charge in [0.1, 0.15) is 11.9 Å². The van der Waals surface area contributed by atoms with E-state index in [0.717, 1.165) is 18.4 Å². The molecule has 1 aromatic heterocycles. The van der Waals surface area contributed by atoms with Gasteiger partial charge in [-0.25, -0.2) is 0 Å². The van der Waals surface area contributed by atoms with Gasteiger partial charge in [0.25, 0.3) is 0 Å². The van der Waals surface area contributed by atoms with Gasteiger partial charge in [0.05, 0.1) is 6.26 Å². The zero-order chi connectivity index (χ0) is 9.68. The summed E-state index contributed by atoms with van der Waals surface area (Å²) in [5.41, 5.74) is 1.03. The highest BCUT2D eigenvalue weighted by Gasteiger charge is 2.13. The predicted octanol–water partition coefficient (Wildman–Crippen LogP) is 3.06. The molecule has 2 nitrogen and oxygen atoms in total. The van der Waals surface area contributed by atoms with Gasteiger partial charge in [-0.2, -0.15) is 0 Å². The quantitative estimate of drug-likeness (QED) is 0.722. The first-order valence-electron chi connectivity index (χ1n) is 4.70. The van der Waals surface area contributed by atoms with Crippen LogP contribution >= 0.6 is 0 Å². The molecule has 1 aromatic rings. The van der Waals surface area contributed by atoms with Gasteiger partial charge in [-0.1, -0.05) is 19.9 Å². The standard InChI is InChI=1S/C11H16O2/c1-3-6-9(4-2)11(12)10-7-5-8-13-10/h5-8,11-12H,3-4H2,1-2H3/b9-6-. The molecule has 2 heteroatoms. The van der Waals surface area contributed by atoms with Gasteiger partial charge in [0, 0.05) is 0 Å². The number of aliphatic hydroxyl groups excluding tert-OH is 1. The average Bonchev–Trinajstić information content (AvgIpc) is 2.65. The van der Waals surface area contributed by atoms with E-state index in [2.05, 4.69) is 6.92 Å². The van der Waals surface area contributed by atoms with Gasteiger partial charge in [0.2, 0.25) is 0 Å². The summed E-state index contributed by atoms with van der Waals surface area (Å²) >= 11 is 0. The van der Waals surface area contributed by atoms with Crippen LogP contribution in [-0.2, 0) is 0 Å². The van der Waals surface area contributed by atoms with Gasteiger partial charge in [-0.05, 0) is 30.5 Å². The highest BCUT2D eigenvalue weighted by Crippen LogP contribution is 2.24. The predicted molar refractivity (Wildman–Crippen MR) is 52.3 cm³/mol. The maximum absolute atomic E-state index is 9.84. The van der Waals surface area contributed by atoms with Crippen LogP contribution < -0.4 is 0 Å². The Morgan fingerprint density at radius 3 is 2.85 bits per heavy atom. The topological polar surface area (TPSA) is 33.4 Å². The minimum Gasteiger partial charge on any atom is -0.466 e. The van der Waals surface area contributed by atoms with Crippen LogP contribution in [0, 0.1) is 0 Å². The SMILES string of the molecule is CC/C=C(/CC)C(O)c1ccco1. The summed E-state index contributed by atoms with van der Waals surface area (Å²) in [7, 11) is 0. The lowest BCUT2D eigenvalue weighted by Crippen LogP contribution is -1.99. The first kappa shape index (κ1) is 10.1. The molecule has 0 saturated heterocycles. The van der Waals surface area contributed by atoms with Crippen molar-refractivity contribution in [1.29, 1.82) is 0 Å². The zero-order valence-corrected chi connectivity index (χ0v) is 8.16. The molecule has 13 heavy (non-hydrogen) atoms. The van der Waals surface area contributed by atoms with Gasteiger partial charge in [-0.3, -0.25) is 0 Å². The fourth-order valence-electron chi connectivity index (χ4n) is 1.34. The van der Waals surface area contributed by atoms with Gasteiger partial charge < -0.3 is 9.52 Å². The molecule has 0 radical (unpaired) electrons. The van der Waals surface area contributed by atoms with Crippen LogP contribution in [0.25, 0.3) is 0 Å². The van der Waals surface area contributed by atoms with E-state index in [1.54, 1.807) is 18.4 Å². The Morgan fingerprint density at radius 1 is 1.62 bits per heavy atom. The van der Waals surface area contributed by atoms with Crippen molar-refractivity contribution in [3.63, 3.8) is 0 Å². The second-order valence-electron chi connectivity index (χ2n) is 2.96. The van der Waals surface area contributed by atoms with Crippen molar-refractivity contribution >= 4 is 0 Å². The van der Waals surface area contributed by atoms with Crippen molar-refractivity contribution in [3.05, 3.63) is 35.8 Å². The smallest absolute Gasteiger partial charge is 0.136 e. The summed E-state index contributed by atoms with van der Waals surface area (Å²) in [5, 5.41) is 9.84. The third-order valence-corrected chi connectivity index (χ3v) is 2.04. The van der Waals surface area contributed by atoms with Crippen molar-refractivity contribution in [2.45, 2.75) is 32.8 Å². The van der Waals surface area contributed by atoms with Crippen LogP contribution in [-0.4, -0.2) is 5.11 Å². The maximum atomic E-state index is 9.84. The second kappa shape index (κ2) is 4.87. The van der Waals surface area contributed by atoms with Crippen molar-refractivity contribution in [3.8, 4) is 0 Å². The summed E-state index contributed by atoms with van der Waals surface area (Å²) in [5.74, 6) is 0.626. The number of furan rings is 1. The van der Waals surface area contributed by atoms with Gasteiger partial charge in [-0.15, -0.1) is 0 Å². The lowest BCUT2D eigenvalue weighted by molar-refractivity contribution is 0.181. The highest BCUT2D eigenvalue weighted by atomic mass is 16.4. The summed E-state index contributed by atoms with van der Waals surface area (Å²) in [6, 6.07) is 3.58. The van der Waals surface area contributed by atoms with Crippen LogP contribution in [0.4, 0.5) is 0 Å². The third kappa shape index (κ3) is 2.46. The molecule has 0 aromatic carbocycles. The Kier molecular flexibility index (Phi) is 3.77. The lowest BCUT2D eigenvalue weighted by atomic mass is 10.0. The van der Waals surface area contributed by atoms with Crippen LogP contribution in [0.3, 0.4) is 0 Å². The highest BCUT2D eigenvalue weighted by molar-refractivity contribution is 5.17. The van der Waals surface area contributed by atoms with E-state index in [0.29, 0.717) is 5.76 Å². The zero-order valence-electron chi connectivity index (χ0n) is 8.16. The van der Waals surface area contributed by atoms with Crippen molar-refractivity contribution < 1.29 is 9.52 Å². The minimum absolute atomic E-state index is 0.569. The first-order chi connectivity index (χ1) is 6.29. The number of hydrogen-bond acceptors (Lipinski definition) is 2. The molecule has 72 valence electrons. The monoisotopic (exact) mass is 180 g/mol. The molecular formula is C11H16O2. The van der Waals surface area contributed by atoms with E-state index in [4.69, 9.17) is 4.42 Å². The summed E-state index contributed by atoms with van der Waals surface area (Å²) in [6.45, 7) is 4.10. The number of allylic oxidation sites excluding steroid dienone is 1. The molecule has 0 spiro atoms. The molecule has 1 N–H and O–H groups in total. The third-order valence-electron chi connectivity index (χ3n) is 2.04. The number of rotatable bonds is 4. The Labute approximate surface area is 78.9 Å². The van der Waals surface area contributed by atoms with Crippen molar-refractivity contribution in [2.24, 2.45) is 0 Å². The molecule has 1 heterocycles. The molecule has 1 rings (SSSR count). The van der Waals surface area contributed by atoms with Gasteiger partial charge >= 0.3 is 0 Å². The summed E-state index contributed by atoms with van der Waals surface area (Å²) < 4.78 is 5.13. The van der Waals surface area contributed by atoms with E-state index >= 15 is 0 Å². The average molecular weight is 180 g/mol. The number of hydrogen-bond donors (Lipinski definition) is 1. The second-order valence-corrected chi connectivity index (χ2v) is 2.96. The normalized spacial score (nSPS) is 14.5. The Hall–Kier alpha value is -1.02. The Balaban J connectivity index is 2.76. The maximum Gasteiger partial charge on any atom is 0.136 e. The van der Waals surface area contributed by atoms with Crippen LogP contribution in [0.5, 0.6) is 0 Å². The fraction of sp³-hybridized carbons (Fsp3) is 0.455. The Morgan fingerprint density at radius 2 is 2.38 bits per heavy atom. The molecule has 0 saturated carbocycles. The lowest BCUT2D eigenvalue weighted by Gasteiger charge is -2.10. The minimum atomic E-state index is -0.569. The summed E-state index contributed by atoms with van der Waals surface area (Å²) in [4.78, 5) is 0. The molecule has 0 aliphatic heterocycles. The number of aliphatic hydroxyl groups is 1. The van der Waals surface area contributed by atoms with Crippen LogP contribution in [0.15, 0.2) is 34.5 Å². The molecule has 1 atom stereocenters. The van der Waals surface area contributed by atoms with Crippen molar-refractivity contribution in [2.75, 3.05) is 0 Å². The molecule has 0 aliphatic carbocycles. The molecule has 0 bridgehead atoms. The van der Waals surface area contributed by atoms with E-state index < -0.39 is 6.10 Å². The summed E-state index contributed by atoms with van der Waals surface area (Å²) in [6.07, 6.45) is 4.86. The molecule has 1 unspecified atom stereocenters. The van der Waals surface area contributed by atoms with E-state index in [-0.39, 0.29) is 0 Å². The van der Waals surface area contributed by atoms with E-state index in [1.165, 1.54) is 0 Å². The van der Waals surface area contributed by atoms with E-state index in [1.807, 2.05) is 13.0 Å². The fourth-order valence-corrected chi connectivity index (χ4v) is 1.34. The molecule has 0 fully saturated rings.